The maximum absolute atomic E-state index is 12.8. The van der Waals surface area contributed by atoms with Crippen molar-refractivity contribution in [1.82, 2.24) is 0 Å². The van der Waals surface area contributed by atoms with Crippen LogP contribution in [0.25, 0.3) is 11.0 Å². The van der Waals surface area contributed by atoms with Crippen molar-refractivity contribution in [2.45, 2.75) is 33.3 Å². The van der Waals surface area contributed by atoms with Gasteiger partial charge in [0.2, 0.25) is 6.10 Å². The summed E-state index contributed by atoms with van der Waals surface area (Å²) in [4.78, 5) is 25.6. The molecule has 1 unspecified atom stereocenters. The van der Waals surface area contributed by atoms with E-state index >= 15 is 0 Å². The summed E-state index contributed by atoms with van der Waals surface area (Å²) in [6.45, 7) is 5.79. The lowest BCUT2D eigenvalue weighted by Crippen LogP contribution is -2.22. The Hall–Kier alpha value is -3.86. The molecule has 4 aromatic rings. The molecule has 168 valence electrons. The van der Waals surface area contributed by atoms with Gasteiger partial charge >= 0.3 is 11.6 Å². The summed E-state index contributed by atoms with van der Waals surface area (Å²) in [5.74, 6) is 0.000342. The van der Waals surface area contributed by atoms with Gasteiger partial charge in [0.25, 0.3) is 0 Å². The molecule has 1 aromatic heterocycles. The average molecular weight is 443 g/mol. The van der Waals surface area contributed by atoms with Gasteiger partial charge in [-0.25, -0.2) is 9.59 Å². The number of aryl methyl sites for hydroxylation is 2. The predicted octanol–water partition coefficient (Wildman–Crippen LogP) is 5.68. The molecule has 0 spiro atoms. The number of ether oxygens (including phenoxy) is 2. The van der Waals surface area contributed by atoms with Gasteiger partial charge in [-0.2, -0.15) is 0 Å². The van der Waals surface area contributed by atoms with E-state index in [9.17, 15) is 9.59 Å². The summed E-state index contributed by atoms with van der Waals surface area (Å²) < 4.78 is 17.3. The molecule has 1 heterocycles. The fraction of sp³-hybridized carbons (Fsp3) is 0.214. The number of carbonyl (C=O) groups excluding carboxylic acids is 1. The number of benzene rings is 3. The Morgan fingerprint density at radius 2 is 1.64 bits per heavy atom. The molecule has 5 nitrogen and oxygen atoms in total. The Bertz CT molecular complexity index is 1320. The van der Waals surface area contributed by atoms with Crippen LogP contribution in [-0.2, 0) is 16.0 Å². The molecule has 0 amide bonds. The van der Waals surface area contributed by atoms with Crippen molar-refractivity contribution in [3.05, 3.63) is 111 Å². The van der Waals surface area contributed by atoms with Gasteiger partial charge in [0.05, 0.1) is 12.0 Å². The minimum atomic E-state index is -0.944. The van der Waals surface area contributed by atoms with Gasteiger partial charge in [0.1, 0.15) is 11.3 Å². The summed E-state index contributed by atoms with van der Waals surface area (Å²) in [7, 11) is 0. The van der Waals surface area contributed by atoms with Gasteiger partial charge in [-0.05, 0) is 49.6 Å². The van der Waals surface area contributed by atoms with Crippen molar-refractivity contribution in [1.29, 1.82) is 0 Å². The number of carbonyl (C=O) groups is 1. The van der Waals surface area contributed by atoms with Crippen molar-refractivity contribution in [2.75, 3.05) is 6.61 Å². The molecule has 0 aliphatic heterocycles. The van der Waals surface area contributed by atoms with E-state index in [1.165, 1.54) is 0 Å². The van der Waals surface area contributed by atoms with Crippen LogP contribution in [0.1, 0.15) is 40.8 Å². The molecule has 5 heteroatoms. The van der Waals surface area contributed by atoms with Gasteiger partial charge < -0.3 is 13.9 Å². The third-order valence-corrected chi connectivity index (χ3v) is 5.56. The molecule has 3 aromatic carbocycles. The highest BCUT2D eigenvalue weighted by molar-refractivity contribution is 5.89. The number of fused-ring (bicyclic) bond motifs is 1. The van der Waals surface area contributed by atoms with Crippen LogP contribution in [0.5, 0.6) is 5.75 Å². The van der Waals surface area contributed by atoms with Crippen molar-refractivity contribution in [3.63, 3.8) is 0 Å². The summed E-state index contributed by atoms with van der Waals surface area (Å²) >= 11 is 0. The molecule has 0 aliphatic rings. The highest BCUT2D eigenvalue weighted by atomic mass is 16.6. The quantitative estimate of drug-likeness (QED) is 0.272. The molecule has 0 saturated carbocycles. The first-order chi connectivity index (χ1) is 16.0. The van der Waals surface area contributed by atoms with E-state index in [0.717, 1.165) is 16.7 Å². The van der Waals surface area contributed by atoms with Crippen LogP contribution in [0.15, 0.2) is 82.0 Å². The number of hydrogen-bond acceptors (Lipinski definition) is 5. The normalized spacial score (nSPS) is 11.8. The van der Waals surface area contributed by atoms with Gasteiger partial charge in [-0.3, -0.25) is 0 Å². The Kier molecular flexibility index (Phi) is 6.59. The minimum Gasteiger partial charge on any atom is -0.473 e. The lowest BCUT2D eigenvalue weighted by atomic mass is 9.98. The molecule has 33 heavy (non-hydrogen) atoms. The van der Waals surface area contributed by atoms with E-state index in [2.05, 4.69) is 0 Å². The smallest absolute Gasteiger partial charge is 0.352 e. The van der Waals surface area contributed by atoms with Crippen LogP contribution in [0.3, 0.4) is 0 Å². The molecule has 0 aliphatic carbocycles. The van der Waals surface area contributed by atoms with Crippen molar-refractivity contribution in [3.8, 4) is 5.75 Å². The zero-order valence-electron chi connectivity index (χ0n) is 19.0. The Morgan fingerprint density at radius 3 is 2.30 bits per heavy atom. The largest absolute Gasteiger partial charge is 0.473 e. The van der Waals surface area contributed by atoms with E-state index in [4.69, 9.17) is 13.9 Å². The first-order valence-corrected chi connectivity index (χ1v) is 11.0. The Morgan fingerprint density at radius 1 is 0.970 bits per heavy atom. The molecule has 4 rings (SSSR count). The number of hydrogen-bond donors (Lipinski definition) is 0. The fourth-order valence-corrected chi connectivity index (χ4v) is 3.96. The van der Waals surface area contributed by atoms with E-state index in [1.807, 2.05) is 86.6 Å². The second kappa shape index (κ2) is 9.74. The molecular weight excluding hydrogens is 416 g/mol. The Balaban J connectivity index is 1.84. The van der Waals surface area contributed by atoms with Gasteiger partial charge in [0.15, 0.2) is 0 Å². The SMILES string of the molecule is CCOC(=O)C(Oc1cc(C)cc2oc(=O)c(Cc3ccccc3)c(C)c12)c1ccccc1. The molecule has 0 fully saturated rings. The van der Waals surface area contributed by atoms with Crippen LogP contribution < -0.4 is 10.4 Å². The molecule has 1 atom stereocenters. The molecule has 0 bridgehead atoms. The van der Waals surface area contributed by atoms with Gasteiger partial charge in [-0.15, -0.1) is 0 Å². The summed E-state index contributed by atoms with van der Waals surface area (Å²) in [6.07, 6.45) is -0.502. The molecule has 0 radical (unpaired) electrons. The lowest BCUT2D eigenvalue weighted by Gasteiger charge is -2.20. The number of esters is 1. The summed E-state index contributed by atoms with van der Waals surface area (Å²) in [5.41, 5.74) is 3.95. The summed E-state index contributed by atoms with van der Waals surface area (Å²) in [6, 6.07) is 22.7. The highest BCUT2D eigenvalue weighted by Crippen LogP contribution is 2.35. The van der Waals surface area contributed by atoms with Crippen LogP contribution in [0.2, 0.25) is 0 Å². The zero-order chi connectivity index (χ0) is 23.4. The first kappa shape index (κ1) is 22.3. The minimum absolute atomic E-state index is 0.245. The second-order valence-electron chi connectivity index (χ2n) is 7.95. The maximum Gasteiger partial charge on any atom is 0.352 e. The first-order valence-electron chi connectivity index (χ1n) is 11.0. The topological polar surface area (TPSA) is 65.7 Å². The van der Waals surface area contributed by atoms with E-state index in [1.54, 1.807) is 6.92 Å². The maximum atomic E-state index is 12.8. The lowest BCUT2D eigenvalue weighted by molar-refractivity contribution is -0.151. The van der Waals surface area contributed by atoms with E-state index in [-0.39, 0.29) is 12.2 Å². The summed E-state index contributed by atoms with van der Waals surface area (Å²) in [5, 5.41) is 0.677. The molecule has 0 saturated heterocycles. The van der Waals surface area contributed by atoms with Crippen LogP contribution in [0.4, 0.5) is 0 Å². The number of rotatable bonds is 7. The standard InChI is InChI=1S/C28H26O5/c1-4-31-28(30)26(21-13-9-6-10-14-21)32-23-15-18(2)16-24-25(23)19(3)22(27(29)33-24)17-20-11-7-5-8-12-20/h5-16,26H,4,17H2,1-3H3. The van der Waals surface area contributed by atoms with Crippen LogP contribution in [-0.4, -0.2) is 12.6 Å². The van der Waals surface area contributed by atoms with E-state index in [0.29, 0.717) is 34.3 Å². The van der Waals surface area contributed by atoms with E-state index < -0.39 is 12.1 Å². The van der Waals surface area contributed by atoms with Crippen molar-refractivity contribution < 1.29 is 18.7 Å². The third kappa shape index (κ3) is 4.82. The zero-order valence-corrected chi connectivity index (χ0v) is 19.0. The average Bonchev–Trinajstić information content (AvgIpc) is 2.81. The molecule has 0 N–H and O–H groups in total. The van der Waals surface area contributed by atoms with Gasteiger partial charge in [0, 0.05) is 17.5 Å². The van der Waals surface area contributed by atoms with Crippen LogP contribution in [0, 0.1) is 13.8 Å². The van der Waals surface area contributed by atoms with Crippen molar-refractivity contribution in [2.24, 2.45) is 0 Å². The third-order valence-electron chi connectivity index (χ3n) is 5.56. The Labute approximate surface area is 192 Å². The predicted molar refractivity (Wildman–Crippen MR) is 128 cm³/mol. The van der Waals surface area contributed by atoms with Gasteiger partial charge in [-0.1, -0.05) is 60.7 Å². The molecular formula is C28H26O5. The van der Waals surface area contributed by atoms with Crippen LogP contribution >= 0.6 is 0 Å². The second-order valence-corrected chi connectivity index (χ2v) is 7.95. The fourth-order valence-electron chi connectivity index (χ4n) is 3.96. The van der Waals surface area contributed by atoms with Crippen molar-refractivity contribution >= 4 is 16.9 Å². The highest BCUT2D eigenvalue weighted by Gasteiger charge is 2.26. The monoisotopic (exact) mass is 442 g/mol.